The van der Waals surface area contributed by atoms with E-state index in [1.165, 1.54) is 0 Å². The summed E-state index contributed by atoms with van der Waals surface area (Å²) in [5, 5.41) is 14.7. The van der Waals surface area contributed by atoms with E-state index in [0.717, 1.165) is 22.6 Å². The topological polar surface area (TPSA) is 66.6 Å². The van der Waals surface area contributed by atoms with Crippen LogP contribution >= 0.6 is 11.6 Å². The molecule has 2 N–H and O–H groups in total. The normalized spacial score (nSPS) is 12.3. The number of nitrogens with zero attached hydrogens (tertiary/aromatic N) is 2. The number of hydrogen-bond acceptors (Lipinski definition) is 3. The van der Waals surface area contributed by atoms with Gasteiger partial charge in [0.05, 0.1) is 6.21 Å². The van der Waals surface area contributed by atoms with E-state index in [2.05, 4.69) is 15.1 Å². The van der Waals surface area contributed by atoms with Crippen LogP contribution in [0.15, 0.2) is 65.8 Å². The summed E-state index contributed by atoms with van der Waals surface area (Å²) in [7, 11) is 0. The van der Waals surface area contributed by atoms with E-state index in [1.807, 2.05) is 50.2 Å². The highest BCUT2D eigenvalue weighted by molar-refractivity contribution is 6.30. The molecule has 5 nitrogen and oxygen atoms in total. The predicted molar refractivity (Wildman–Crippen MR) is 107 cm³/mol. The molecule has 6 heteroatoms. The molecule has 0 aliphatic rings. The summed E-state index contributed by atoms with van der Waals surface area (Å²) in [5.74, 6) is -0.580. The Bertz CT molecular complexity index is 963. The number of aromatic nitrogens is 1. The fourth-order valence-corrected chi connectivity index (χ4v) is 3.05. The lowest BCUT2D eigenvalue weighted by Gasteiger charge is -2.09. The number of hydrogen-bond donors (Lipinski definition) is 2. The molecule has 0 saturated heterocycles. The molecule has 138 valence electrons. The zero-order chi connectivity index (χ0) is 19.4. The Kier molecular flexibility index (Phi) is 5.74. The van der Waals surface area contributed by atoms with Crippen molar-refractivity contribution >= 4 is 23.7 Å². The molecule has 0 unspecified atom stereocenters. The van der Waals surface area contributed by atoms with E-state index in [9.17, 15) is 9.90 Å². The number of rotatable bonds is 5. The molecule has 0 fully saturated rings. The molecule has 3 rings (SSSR count). The molecule has 0 aliphatic carbocycles. The van der Waals surface area contributed by atoms with Crippen molar-refractivity contribution in [1.82, 2.24) is 9.99 Å². The Labute approximate surface area is 162 Å². The smallest absolute Gasteiger partial charge is 0.273 e. The first-order chi connectivity index (χ1) is 13.0. The molecule has 1 atom stereocenters. The van der Waals surface area contributed by atoms with Gasteiger partial charge in [-0.2, -0.15) is 5.10 Å². The van der Waals surface area contributed by atoms with E-state index in [0.29, 0.717) is 10.6 Å². The van der Waals surface area contributed by atoms with Crippen LogP contribution in [0, 0.1) is 13.8 Å². The van der Waals surface area contributed by atoms with Crippen LogP contribution in [0.5, 0.6) is 0 Å². The highest BCUT2D eigenvalue weighted by Gasteiger charge is 2.16. The van der Waals surface area contributed by atoms with Crippen LogP contribution < -0.4 is 5.43 Å². The third-order valence-corrected chi connectivity index (χ3v) is 4.55. The SMILES string of the molecule is Cc1cc(/C=N\NC(=O)[C@@H](O)c2ccccc2)c(C)n1-c1ccc(Cl)cc1. The van der Waals surface area contributed by atoms with Crippen molar-refractivity contribution in [2.24, 2.45) is 5.10 Å². The Morgan fingerprint density at radius 3 is 2.48 bits per heavy atom. The average molecular weight is 382 g/mol. The van der Waals surface area contributed by atoms with Gasteiger partial charge in [-0.3, -0.25) is 4.79 Å². The monoisotopic (exact) mass is 381 g/mol. The number of carbonyl (C=O) groups excluding carboxylic acids is 1. The van der Waals surface area contributed by atoms with Crippen LogP contribution in [0.1, 0.15) is 28.6 Å². The predicted octanol–water partition coefficient (Wildman–Crippen LogP) is 3.93. The largest absolute Gasteiger partial charge is 0.378 e. The van der Waals surface area contributed by atoms with Crippen molar-refractivity contribution in [3.63, 3.8) is 0 Å². The molecule has 2 aromatic carbocycles. The fraction of sp³-hybridized carbons (Fsp3) is 0.143. The quantitative estimate of drug-likeness (QED) is 0.519. The number of aliphatic hydroxyl groups excluding tert-OH is 1. The summed E-state index contributed by atoms with van der Waals surface area (Å²) in [6.07, 6.45) is 0.314. The zero-order valence-electron chi connectivity index (χ0n) is 15.1. The van der Waals surface area contributed by atoms with Crippen molar-refractivity contribution in [1.29, 1.82) is 0 Å². The Morgan fingerprint density at radius 2 is 1.81 bits per heavy atom. The maximum Gasteiger partial charge on any atom is 0.273 e. The number of aliphatic hydroxyl groups is 1. The molecule has 3 aromatic rings. The first-order valence-electron chi connectivity index (χ1n) is 8.48. The molecule has 0 aliphatic heterocycles. The summed E-state index contributed by atoms with van der Waals surface area (Å²) in [4.78, 5) is 12.1. The highest BCUT2D eigenvalue weighted by atomic mass is 35.5. The molecule has 0 radical (unpaired) electrons. The maximum absolute atomic E-state index is 12.1. The number of amides is 1. The van der Waals surface area contributed by atoms with Gasteiger partial charge in [0.2, 0.25) is 0 Å². The van der Waals surface area contributed by atoms with Crippen LogP contribution in [0.3, 0.4) is 0 Å². The number of nitrogens with one attached hydrogen (secondary N) is 1. The van der Waals surface area contributed by atoms with Gasteiger partial charge in [-0.05, 0) is 49.7 Å². The van der Waals surface area contributed by atoms with Gasteiger partial charge >= 0.3 is 0 Å². The third kappa shape index (κ3) is 4.27. The Balaban J connectivity index is 1.73. The standard InChI is InChI=1S/C21H20ClN3O2/c1-14-12-17(15(2)25(14)19-10-8-18(22)9-11-19)13-23-24-21(27)20(26)16-6-4-3-5-7-16/h3-13,20,26H,1-2H3,(H,24,27)/b23-13-/t20-/m0/s1. The third-order valence-electron chi connectivity index (χ3n) is 4.30. The maximum atomic E-state index is 12.1. The molecule has 0 spiro atoms. The van der Waals surface area contributed by atoms with Crippen molar-refractivity contribution < 1.29 is 9.90 Å². The molecule has 1 amide bonds. The molecule has 0 saturated carbocycles. The lowest BCUT2D eigenvalue weighted by molar-refractivity contribution is -0.129. The van der Waals surface area contributed by atoms with Gasteiger partial charge in [0.15, 0.2) is 6.10 Å². The molecule has 1 aromatic heterocycles. The van der Waals surface area contributed by atoms with Gasteiger partial charge in [-0.25, -0.2) is 5.43 Å². The lowest BCUT2D eigenvalue weighted by Crippen LogP contribution is -2.25. The minimum absolute atomic E-state index is 0.520. The number of benzene rings is 2. The number of hydrazone groups is 1. The molecular weight excluding hydrogens is 362 g/mol. The number of halogens is 1. The van der Waals surface area contributed by atoms with Gasteiger partial charge in [-0.1, -0.05) is 41.9 Å². The van der Waals surface area contributed by atoms with E-state index >= 15 is 0 Å². The van der Waals surface area contributed by atoms with Crippen molar-refractivity contribution in [3.8, 4) is 5.69 Å². The molecular formula is C21H20ClN3O2. The van der Waals surface area contributed by atoms with E-state index in [4.69, 9.17) is 11.6 Å². The summed E-state index contributed by atoms with van der Waals surface area (Å²) < 4.78 is 2.08. The summed E-state index contributed by atoms with van der Waals surface area (Å²) in [6.45, 7) is 3.97. The van der Waals surface area contributed by atoms with E-state index < -0.39 is 12.0 Å². The van der Waals surface area contributed by atoms with Crippen molar-refractivity contribution in [3.05, 3.63) is 88.2 Å². The average Bonchev–Trinajstić information content (AvgIpc) is 2.96. The second-order valence-electron chi connectivity index (χ2n) is 6.19. The minimum atomic E-state index is -1.26. The fourth-order valence-electron chi connectivity index (χ4n) is 2.92. The van der Waals surface area contributed by atoms with Gasteiger partial charge < -0.3 is 9.67 Å². The van der Waals surface area contributed by atoms with Crippen molar-refractivity contribution in [2.45, 2.75) is 20.0 Å². The van der Waals surface area contributed by atoms with Crippen LogP contribution in [0.4, 0.5) is 0 Å². The second-order valence-corrected chi connectivity index (χ2v) is 6.62. The lowest BCUT2D eigenvalue weighted by atomic mass is 10.1. The number of carbonyl (C=O) groups is 1. The van der Waals surface area contributed by atoms with Gasteiger partial charge in [-0.15, -0.1) is 0 Å². The second kappa shape index (κ2) is 8.20. The van der Waals surface area contributed by atoms with Gasteiger partial charge in [0.25, 0.3) is 5.91 Å². The summed E-state index contributed by atoms with van der Waals surface area (Å²) in [6, 6.07) is 18.3. The first kappa shape index (κ1) is 18.9. The Hall–Kier alpha value is -2.89. The minimum Gasteiger partial charge on any atom is -0.378 e. The van der Waals surface area contributed by atoms with Crippen LogP contribution in [0.2, 0.25) is 5.02 Å². The Morgan fingerprint density at radius 1 is 1.15 bits per heavy atom. The summed E-state index contributed by atoms with van der Waals surface area (Å²) >= 11 is 5.96. The van der Waals surface area contributed by atoms with Gasteiger partial charge in [0.1, 0.15) is 0 Å². The molecule has 27 heavy (non-hydrogen) atoms. The van der Waals surface area contributed by atoms with E-state index in [1.54, 1.807) is 30.5 Å². The molecule has 0 bridgehead atoms. The summed E-state index contributed by atoms with van der Waals surface area (Å²) in [5.41, 5.74) is 6.79. The first-order valence-corrected chi connectivity index (χ1v) is 8.86. The van der Waals surface area contributed by atoms with E-state index in [-0.39, 0.29) is 0 Å². The highest BCUT2D eigenvalue weighted by Crippen LogP contribution is 2.21. The van der Waals surface area contributed by atoms with Gasteiger partial charge in [0, 0.05) is 27.7 Å². The number of aryl methyl sites for hydroxylation is 1. The van der Waals surface area contributed by atoms with Crippen LogP contribution in [-0.4, -0.2) is 21.8 Å². The van der Waals surface area contributed by atoms with Crippen LogP contribution in [-0.2, 0) is 4.79 Å². The zero-order valence-corrected chi connectivity index (χ0v) is 15.8. The molecule has 1 heterocycles. The van der Waals surface area contributed by atoms with Crippen LogP contribution in [0.25, 0.3) is 5.69 Å². The van der Waals surface area contributed by atoms with Crippen molar-refractivity contribution in [2.75, 3.05) is 0 Å².